The lowest BCUT2D eigenvalue weighted by atomic mass is 9.91. The van der Waals surface area contributed by atoms with Crippen molar-refractivity contribution >= 4 is 0 Å². The molecular formula is C14H25N3. The highest BCUT2D eigenvalue weighted by atomic mass is 15.2. The summed E-state index contributed by atoms with van der Waals surface area (Å²) in [6, 6.07) is 2.96. The third kappa shape index (κ3) is 3.84. The fourth-order valence-electron chi connectivity index (χ4n) is 2.15. The Labute approximate surface area is 105 Å². The molecule has 1 heterocycles. The maximum atomic E-state index is 4.21. The second kappa shape index (κ2) is 5.67. The van der Waals surface area contributed by atoms with Gasteiger partial charge < -0.3 is 5.32 Å². The summed E-state index contributed by atoms with van der Waals surface area (Å²) in [5.74, 6) is 1.54. The van der Waals surface area contributed by atoms with Gasteiger partial charge in [-0.2, -0.15) is 5.10 Å². The Hall–Kier alpha value is -0.830. The highest BCUT2D eigenvalue weighted by molar-refractivity contribution is 5.00. The highest BCUT2D eigenvalue weighted by Crippen LogP contribution is 2.21. The quantitative estimate of drug-likeness (QED) is 0.786. The van der Waals surface area contributed by atoms with Crippen LogP contribution in [-0.2, 0) is 13.5 Å². The van der Waals surface area contributed by atoms with E-state index in [9.17, 15) is 0 Å². The smallest absolute Gasteiger partial charge is 0.0492 e. The van der Waals surface area contributed by atoms with Gasteiger partial charge in [0.25, 0.3) is 0 Å². The number of hydrogen-bond donors (Lipinski definition) is 1. The number of aryl methyl sites for hydroxylation is 2. The zero-order valence-electron chi connectivity index (χ0n) is 11.3. The summed E-state index contributed by atoms with van der Waals surface area (Å²) in [6.07, 6.45) is 7.06. The minimum absolute atomic E-state index is 0.767. The molecule has 0 bridgehead atoms. The van der Waals surface area contributed by atoms with Gasteiger partial charge in [-0.25, -0.2) is 0 Å². The van der Waals surface area contributed by atoms with Crippen LogP contribution >= 0.6 is 0 Å². The van der Waals surface area contributed by atoms with Crippen molar-refractivity contribution in [1.82, 2.24) is 15.1 Å². The molecular weight excluding hydrogens is 210 g/mol. The molecule has 0 radical (unpaired) electrons. The van der Waals surface area contributed by atoms with Gasteiger partial charge in [-0.05, 0) is 50.1 Å². The molecule has 1 aliphatic rings. The molecule has 2 rings (SSSR count). The maximum absolute atomic E-state index is 4.21. The van der Waals surface area contributed by atoms with Crippen molar-refractivity contribution in [2.24, 2.45) is 18.9 Å². The first-order valence-corrected chi connectivity index (χ1v) is 6.87. The Balaban J connectivity index is 1.68. The van der Waals surface area contributed by atoms with Gasteiger partial charge in [0.2, 0.25) is 0 Å². The van der Waals surface area contributed by atoms with Crippen LogP contribution in [0.5, 0.6) is 0 Å². The third-order valence-corrected chi connectivity index (χ3v) is 4.06. The van der Waals surface area contributed by atoms with Crippen LogP contribution in [0.4, 0.5) is 0 Å². The Morgan fingerprint density at radius 1 is 1.41 bits per heavy atom. The molecule has 1 N–H and O–H groups in total. The molecule has 17 heavy (non-hydrogen) atoms. The summed E-state index contributed by atoms with van der Waals surface area (Å²) in [6.45, 7) is 5.91. The second-order valence-electron chi connectivity index (χ2n) is 5.62. The SMILES string of the molecule is CC(CCc1ccnn1C)C(C)CNC1CC1. The van der Waals surface area contributed by atoms with Crippen molar-refractivity contribution in [3.8, 4) is 0 Å². The van der Waals surface area contributed by atoms with E-state index in [0.29, 0.717) is 0 Å². The number of aromatic nitrogens is 2. The van der Waals surface area contributed by atoms with E-state index in [0.717, 1.165) is 24.3 Å². The molecule has 3 heteroatoms. The molecule has 1 aliphatic carbocycles. The normalized spacial score (nSPS) is 19.2. The number of nitrogens with one attached hydrogen (secondary N) is 1. The lowest BCUT2D eigenvalue weighted by Gasteiger charge is -2.20. The molecule has 1 fully saturated rings. The second-order valence-corrected chi connectivity index (χ2v) is 5.62. The van der Waals surface area contributed by atoms with Crippen LogP contribution in [0, 0.1) is 11.8 Å². The van der Waals surface area contributed by atoms with Crippen molar-refractivity contribution in [1.29, 1.82) is 0 Å². The van der Waals surface area contributed by atoms with Gasteiger partial charge in [0.1, 0.15) is 0 Å². The van der Waals surface area contributed by atoms with Crippen molar-refractivity contribution in [3.63, 3.8) is 0 Å². The van der Waals surface area contributed by atoms with E-state index in [1.807, 2.05) is 17.9 Å². The first-order chi connectivity index (χ1) is 8.16. The van der Waals surface area contributed by atoms with Gasteiger partial charge >= 0.3 is 0 Å². The predicted octanol–water partition coefficient (Wildman–Crippen LogP) is 2.38. The largest absolute Gasteiger partial charge is 0.314 e. The predicted molar refractivity (Wildman–Crippen MR) is 70.9 cm³/mol. The summed E-state index contributed by atoms with van der Waals surface area (Å²) in [5, 5.41) is 7.84. The van der Waals surface area contributed by atoms with Gasteiger partial charge in [0.15, 0.2) is 0 Å². The molecule has 0 saturated heterocycles. The van der Waals surface area contributed by atoms with Crippen LogP contribution in [0.25, 0.3) is 0 Å². The average molecular weight is 235 g/mol. The van der Waals surface area contributed by atoms with Crippen molar-refractivity contribution < 1.29 is 0 Å². The Bertz CT molecular complexity index is 341. The zero-order chi connectivity index (χ0) is 12.3. The van der Waals surface area contributed by atoms with Crippen LogP contribution < -0.4 is 5.32 Å². The highest BCUT2D eigenvalue weighted by Gasteiger charge is 2.22. The van der Waals surface area contributed by atoms with E-state index in [2.05, 4.69) is 30.3 Å². The Morgan fingerprint density at radius 2 is 2.18 bits per heavy atom. The van der Waals surface area contributed by atoms with E-state index in [1.165, 1.54) is 31.5 Å². The van der Waals surface area contributed by atoms with E-state index in [-0.39, 0.29) is 0 Å². The summed E-state index contributed by atoms with van der Waals surface area (Å²) in [7, 11) is 2.03. The lowest BCUT2D eigenvalue weighted by Crippen LogP contribution is -2.27. The molecule has 0 aromatic carbocycles. The van der Waals surface area contributed by atoms with Crippen LogP contribution in [0.1, 0.15) is 38.8 Å². The van der Waals surface area contributed by atoms with E-state index in [4.69, 9.17) is 0 Å². The number of nitrogens with zero attached hydrogens (tertiary/aromatic N) is 2. The van der Waals surface area contributed by atoms with Gasteiger partial charge in [-0.1, -0.05) is 13.8 Å². The topological polar surface area (TPSA) is 29.9 Å². The monoisotopic (exact) mass is 235 g/mol. The summed E-state index contributed by atoms with van der Waals surface area (Å²) in [5.41, 5.74) is 1.35. The van der Waals surface area contributed by atoms with Gasteiger partial charge in [0, 0.05) is 25.0 Å². The third-order valence-electron chi connectivity index (χ3n) is 4.06. The van der Waals surface area contributed by atoms with E-state index < -0.39 is 0 Å². The van der Waals surface area contributed by atoms with Crippen LogP contribution in [0.3, 0.4) is 0 Å². The van der Waals surface area contributed by atoms with Gasteiger partial charge in [-0.3, -0.25) is 4.68 Å². The number of rotatable bonds is 7. The first kappa shape index (κ1) is 12.6. The van der Waals surface area contributed by atoms with Crippen LogP contribution in [0.2, 0.25) is 0 Å². The van der Waals surface area contributed by atoms with E-state index in [1.54, 1.807) is 0 Å². The molecule has 2 atom stereocenters. The zero-order valence-corrected chi connectivity index (χ0v) is 11.3. The van der Waals surface area contributed by atoms with Crippen LogP contribution in [0.15, 0.2) is 12.3 Å². The summed E-state index contributed by atoms with van der Waals surface area (Å²) >= 11 is 0. The van der Waals surface area contributed by atoms with Gasteiger partial charge in [-0.15, -0.1) is 0 Å². The molecule has 1 aromatic rings. The lowest BCUT2D eigenvalue weighted by molar-refractivity contribution is 0.344. The molecule has 96 valence electrons. The summed E-state index contributed by atoms with van der Waals surface area (Å²) < 4.78 is 1.99. The molecule has 0 spiro atoms. The molecule has 1 aromatic heterocycles. The van der Waals surface area contributed by atoms with Crippen molar-refractivity contribution in [2.75, 3.05) is 6.54 Å². The first-order valence-electron chi connectivity index (χ1n) is 6.87. The fourth-order valence-corrected chi connectivity index (χ4v) is 2.15. The molecule has 0 aliphatic heterocycles. The summed E-state index contributed by atoms with van der Waals surface area (Å²) in [4.78, 5) is 0. The standard InChI is InChI=1S/C14H25N3/c1-11(12(2)10-15-13-5-6-13)4-7-14-8-9-16-17(14)3/h8-9,11-13,15H,4-7,10H2,1-3H3. The molecule has 3 nitrogen and oxygen atoms in total. The fraction of sp³-hybridized carbons (Fsp3) is 0.786. The maximum Gasteiger partial charge on any atom is 0.0492 e. The minimum Gasteiger partial charge on any atom is -0.314 e. The molecule has 1 saturated carbocycles. The van der Waals surface area contributed by atoms with Gasteiger partial charge in [0.05, 0.1) is 0 Å². The average Bonchev–Trinajstić information content (AvgIpc) is 3.06. The number of hydrogen-bond acceptors (Lipinski definition) is 2. The Kier molecular flexibility index (Phi) is 4.21. The van der Waals surface area contributed by atoms with Crippen LogP contribution in [-0.4, -0.2) is 22.4 Å². The van der Waals surface area contributed by atoms with Crippen molar-refractivity contribution in [3.05, 3.63) is 18.0 Å². The molecule has 2 unspecified atom stereocenters. The van der Waals surface area contributed by atoms with Crippen molar-refractivity contribution in [2.45, 2.75) is 45.6 Å². The Morgan fingerprint density at radius 3 is 2.76 bits per heavy atom. The minimum atomic E-state index is 0.767. The molecule has 0 amide bonds. The van der Waals surface area contributed by atoms with E-state index >= 15 is 0 Å².